The molecule has 1 aromatic carbocycles. The Labute approximate surface area is 153 Å². The monoisotopic (exact) mass is 355 g/mol. The van der Waals surface area contributed by atoms with E-state index >= 15 is 0 Å². The Kier molecular flexibility index (Phi) is 6.41. The first kappa shape index (κ1) is 18.2. The highest BCUT2D eigenvalue weighted by atomic mass is 16.6. The average Bonchev–Trinajstić information content (AvgIpc) is 3.19. The highest BCUT2D eigenvalue weighted by Gasteiger charge is 2.27. The molecule has 1 aliphatic rings. The van der Waals surface area contributed by atoms with Crippen molar-refractivity contribution in [2.45, 2.75) is 45.1 Å². The molecule has 6 heteroatoms. The highest BCUT2D eigenvalue weighted by molar-refractivity contribution is 6.05. The van der Waals surface area contributed by atoms with Gasteiger partial charge in [-0.25, -0.2) is 4.98 Å². The number of hydrogen-bond acceptors (Lipinski definition) is 5. The minimum Gasteiger partial charge on any atom is -0.466 e. The summed E-state index contributed by atoms with van der Waals surface area (Å²) in [5.41, 5.74) is 3.38. The molecule has 6 nitrogen and oxygen atoms in total. The third-order valence-electron chi connectivity index (χ3n) is 4.52. The first-order chi connectivity index (χ1) is 12.8. The van der Waals surface area contributed by atoms with Gasteiger partial charge in [0, 0.05) is 24.4 Å². The van der Waals surface area contributed by atoms with Gasteiger partial charge in [-0.05, 0) is 38.2 Å². The smallest absolute Gasteiger partial charge is 0.305 e. The number of hydrogen-bond donors (Lipinski definition) is 0. The number of esters is 1. The third kappa shape index (κ3) is 4.50. The first-order valence-electron chi connectivity index (χ1n) is 9.20. The summed E-state index contributed by atoms with van der Waals surface area (Å²) in [7, 11) is 0. The number of fused-ring (bicyclic) bond motifs is 1. The lowest BCUT2D eigenvalue weighted by atomic mass is 9.86. The fourth-order valence-electron chi connectivity index (χ4n) is 3.24. The Bertz CT molecular complexity index is 741. The summed E-state index contributed by atoms with van der Waals surface area (Å²) < 4.78 is 7.00. The molecule has 1 unspecified atom stereocenters. The molecule has 0 amide bonds. The van der Waals surface area contributed by atoms with Gasteiger partial charge in [0.15, 0.2) is 0 Å². The molecule has 0 bridgehead atoms. The zero-order chi connectivity index (χ0) is 18.2. The van der Waals surface area contributed by atoms with Crippen LogP contribution in [0.5, 0.6) is 0 Å². The maximum Gasteiger partial charge on any atom is 0.305 e. The number of aromatic nitrogens is 2. The van der Waals surface area contributed by atoms with Gasteiger partial charge >= 0.3 is 5.97 Å². The number of aryl methyl sites for hydroxylation is 1. The zero-order valence-corrected chi connectivity index (χ0v) is 15.1. The zero-order valence-electron chi connectivity index (χ0n) is 15.1. The van der Waals surface area contributed by atoms with Crippen molar-refractivity contribution in [1.29, 1.82) is 0 Å². The highest BCUT2D eigenvalue weighted by Crippen LogP contribution is 2.29. The Balaban J connectivity index is 1.62. The molecule has 0 fully saturated rings. The Morgan fingerprint density at radius 2 is 2.23 bits per heavy atom. The van der Waals surface area contributed by atoms with Crippen molar-refractivity contribution in [3.8, 4) is 0 Å². The van der Waals surface area contributed by atoms with Crippen LogP contribution >= 0.6 is 0 Å². The van der Waals surface area contributed by atoms with Crippen LogP contribution in [0.3, 0.4) is 0 Å². The number of rotatable bonds is 8. The van der Waals surface area contributed by atoms with Crippen molar-refractivity contribution in [3.63, 3.8) is 0 Å². The van der Waals surface area contributed by atoms with Crippen LogP contribution in [-0.2, 0) is 20.8 Å². The Morgan fingerprint density at radius 1 is 1.35 bits per heavy atom. The van der Waals surface area contributed by atoms with E-state index in [4.69, 9.17) is 9.57 Å². The molecule has 26 heavy (non-hydrogen) atoms. The van der Waals surface area contributed by atoms with Gasteiger partial charge in [0.2, 0.25) is 0 Å². The van der Waals surface area contributed by atoms with Crippen LogP contribution in [0.4, 0.5) is 0 Å². The van der Waals surface area contributed by atoms with Crippen LogP contribution in [-0.4, -0.2) is 34.4 Å². The first-order valence-corrected chi connectivity index (χ1v) is 9.20. The van der Waals surface area contributed by atoms with E-state index in [0.717, 1.165) is 37.0 Å². The minimum absolute atomic E-state index is 0.131. The van der Waals surface area contributed by atoms with Gasteiger partial charge in [-0.3, -0.25) is 4.79 Å². The SMILES string of the molecule is CCOC(=O)CCCCO/N=C1/c2ccccc2CCC1n1ccnc1. The van der Waals surface area contributed by atoms with Gasteiger partial charge in [-0.2, -0.15) is 0 Å². The maximum absolute atomic E-state index is 11.3. The lowest BCUT2D eigenvalue weighted by molar-refractivity contribution is -0.143. The second-order valence-electron chi connectivity index (χ2n) is 6.29. The van der Waals surface area contributed by atoms with Crippen LogP contribution in [0, 0.1) is 0 Å². The van der Waals surface area contributed by atoms with Crippen molar-refractivity contribution >= 4 is 11.7 Å². The van der Waals surface area contributed by atoms with Gasteiger partial charge in [0.05, 0.1) is 19.0 Å². The van der Waals surface area contributed by atoms with Crippen molar-refractivity contribution in [2.24, 2.45) is 5.16 Å². The van der Waals surface area contributed by atoms with E-state index < -0.39 is 0 Å². The standard InChI is InChI=1S/C20H25N3O3/c1-2-25-19(24)9-5-6-14-26-22-20-17-8-4-3-7-16(17)10-11-18(20)23-13-12-21-15-23/h3-4,7-8,12-13,15,18H,2,5-6,9-11,14H2,1H3/b22-20-. The van der Waals surface area contributed by atoms with Gasteiger partial charge in [-0.1, -0.05) is 29.4 Å². The number of ether oxygens (including phenoxy) is 1. The van der Waals surface area contributed by atoms with Crippen LogP contribution in [0.15, 0.2) is 48.1 Å². The molecule has 0 aliphatic heterocycles. The number of benzene rings is 1. The molecule has 1 heterocycles. The quantitative estimate of drug-likeness (QED) is 0.413. The van der Waals surface area contributed by atoms with E-state index in [1.54, 1.807) is 6.20 Å². The third-order valence-corrected chi connectivity index (χ3v) is 4.52. The Hall–Kier alpha value is -2.63. The van der Waals surface area contributed by atoms with Gasteiger partial charge in [0.1, 0.15) is 12.3 Å². The molecule has 1 aromatic heterocycles. The fraction of sp³-hybridized carbons (Fsp3) is 0.450. The summed E-state index contributed by atoms with van der Waals surface area (Å²) in [6.45, 7) is 2.73. The maximum atomic E-state index is 11.3. The number of unbranched alkanes of at least 4 members (excludes halogenated alkanes) is 1. The largest absolute Gasteiger partial charge is 0.466 e. The lowest BCUT2D eigenvalue weighted by Gasteiger charge is -2.27. The predicted octanol–water partition coefficient (Wildman–Crippen LogP) is 3.52. The van der Waals surface area contributed by atoms with Crippen molar-refractivity contribution in [3.05, 3.63) is 54.1 Å². The van der Waals surface area contributed by atoms with Crippen LogP contribution in [0.2, 0.25) is 0 Å². The summed E-state index contributed by atoms with van der Waals surface area (Å²) in [6, 6.07) is 8.47. The van der Waals surface area contributed by atoms with E-state index in [9.17, 15) is 4.79 Å². The summed E-state index contributed by atoms with van der Waals surface area (Å²) in [5.74, 6) is -0.153. The summed E-state index contributed by atoms with van der Waals surface area (Å²) in [6.07, 6.45) is 9.50. The minimum atomic E-state index is -0.153. The molecule has 0 N–H and O–H groups in total. The van der Waals surface area contributed by atoms with Crippen LogP contribution in [0.25, 0.3) is 0 Å². The van der Waals surface area contributed by atoms with Gasteiger partial charge in [0.25, 0.3) is 0 Å². The molecular formula is C20H25N3O3. The molecule has 0 saturated carbocycles. The van der Waals surface area contributed by atoms with E-state index in [0.29, 0.717) is 19.6 Å². The van der Waals surface area contributed by atoms with Crippen LogP contribution < -0.4 is 0 Å². The average molecular weight is 355 g/mol. The number of oxime groups is 1. The summed E-state index contributed by atoms with van der Waals surface area (Å²) in [4.78, 5) is 21.1. The number of imidazole rings is 1. The Morgan fingerprint density at radius 3 is 3.04 bits per heavy atom. The number of nitrogens with zero attached hydrogens (tertiary/aromatic N) is 3. The van der Waals surface area contributed by atoms with Crippen molar-refractivity contribution in [1.82, 2.24) is 9.55 Å². The lowest BCUT2D eigenvalue weighted by Crippen LogP contribution is -2.26. The molecule has 3 rings (SSSR count). The molecule has 0 spiro atoms. The molecule has 1 aliphatic carbocycles. The van der Waals surface area contributed by atoms with Crippen molar-refractivity contribution < 1.29 is 14.4 Å². The molecule has 138 valence electrons. The molecule has 2 aromatic rings. The fourth-order valence-corrected chi connectivity index (χ4v) is 3.24. The topological polar surface area (TPSA) is 65.7 Å². The number of carbonyl (C=O) groups is 1. The second-order valence-corrected chi connectivity index (χ2v) is 6.29. The van der Waals surface area contributed by atoms with Gasteiger partial charge in [-0.15, -0.1) is 0 Å². The molecule has 1 atom stereocenters. The van der Waals surface area contributed by atoms with Gasteiger partial charge < -0.3 is 14.1 Å². The second kappa shape index (κ2) is 9.17. The van der Waals surface area contributed by atoms with E-state index in [1.807, 2.05) is 25.5 Å². The molecule has 0 saturated heterocycles. The number of carbonyl (C=O) groups excluding carboxylic acids is 1. The van der Waals surface area contributed by atoms with Crippen molar-refractivity contribution in [2.75, 3.05) is 13.2 Å². The molecule has 0 radical (unpaired) electrons. The summed E-state index contributed by atoms with van der Waals surface area (Å²) in [5, 5.41) is 4.47. The van der Waals surface area contributed by atoms with E-state index in [2.05, 4.69) is 32.9 Å². The van der Waals surface area contributed by atoms with E-state index in [-0.39, 0.29) is 12.0 Å². The normalized spacial score (nSPS) is 17.7. The molecular weight excluding hydrogens is 330 g/mol. The predicted molar refractivity (Wildman–Crippen MR) is 99.0 cm³/mol. The van der Waals surface area contributed by atoms with Crippen LogP contribution in [0.1, 0.15) is 49.8 Å². The summed E-state index contributed by atoms with van der Waals surface area (Å²) >= 11 is 0. The van der Waals surface area contributed by atoms with E-state index in [1.165, 1.54) is 5.56 Å².